The molecule has 76 valence electrons. The molecule has 1 saturated heterocycles. The van der Waals surface area contributed by atoms with Crippen LogP contribution in [-0.4, -0.2) is 21.1 Å². The van der Waals surface area contributed by atoms with E-state index in [1.807, 2.05) is 16.3 Å². The highest BCUT2D eigenvalue weighted by Gasteiger charge is 2.15. The van der Waals surface area contributed by atoms with E-state index in [2.05, 4.69) is 4.98 Å². The molecule has 1 unspecified atom stereocenters. The highest BCUT2D eigenvalue weighted by Crippen LogP contribution is 2.26. The van der Waals surface area contributed by atoms with Gasteiger partial charge in [-0.3, -0.25) is 9.78 Å². The SMILES string of the molecule is O=c1ccn(C2CCCSC2)c(=S)[nH]1. The predicted octanol–water partition coefficient (Wildman–Crippen LogP) is 1.97. The van der Waals surface area contributed by atoms with Crippen molar-refractivity contribution in [3.8, 4) is 0 Å². The van der Waals surface area contributed by atoms with E-state index < -0.39 is 0 Å². The van der Waals surface area contributed by atoms with E-state index in [-0.39, 0.29) is 5.56 Å². The normalized spacial score (nSPS) is 22.1. The van der Waals surface area contributed by atoms with Crippen molar-refractivity contribution in [2.24, 2.45) is 0 Å². The summed E-state index contributed by atoms with van der Waals surface area (Å²) in [7, 11) is 0. The Hall–Kier alpha value is -0.550. The van der Waals surface area contributed by atoms with Gasteiger partial charge < -0.3 is 4.57 Å². The molecular weight excluding hydrogens is 216 g/mol. The number of nitrogens with zero attached hydrogens (tertiary/aromatic N) is 1. The van der Waals surface area contributed by atoms with Crippen LogP contribution in [0.3, 0.4) is 0 Å². The summed E-state index contributed by atoms with van der Waals surface area (Å²) in [5.74, 6) is 2.34. The molecule has 2 heterocycles. The van der Waals surface area contributed by atoms with E-state index >= 15 is 0 Å². The third kappa shape index (κ3) is 2.09. The minimum Gasteiger partial charge on any atom is -0.321 e. The van der Waals surface area contributed by atoms with Crippen LogP contribution in [0.1, 0.15) is 18.9 Å². The van der Waals surface area contributed by atoms with Crippen molar-refractivity contribution in [3.05, 3.63) is 27.4 Å². The first-order chi connectivity index (χ1) is 6.77. The van der Waals surface area contributed by atoms with Crippen LogP contribution in [0.2, 0.25) is 0 Å². The Labute approximate surface area is 91.5 Å². The van der Waals surface area contributed by atoms with E-state index in [0.717, 1.165) is 12.2 Å². The Bertz CT molecular complexity index is 417. The van der Waals surface area contributed by atoms with Gasteiger partial charge in [0.05, 0.1) is 0 Å². The quantitative estimate of drug-likeness (QED) is 0.747. The minimum atomic E-state index is -0.116. The van der Waals surface area contributed by atoms with E-state index in [0.29, 0.717) is 10.8 Å². The zero-order valence-corrected chi connectivity index (χ0v) is 9.37. The molecule has 0 spiro atoms. The van der Waals surface area contributed by atoms with Gasteiger partial charge in [-0.1, -0.05) is 0 Å². The maximum Gasteiger partial charge on any atom is 0.251 e. The second-order valence-electron chi connectivity index (χ2n) is 3.39. The van der Waals surface area contributed by atoms with Crippen LogP contribution < -0.4 is 5.56 Å². The van der Waals surface area contributed by atoms with Crippen LogP contribution in [0.5, 0.6) is 0 Å². The van der Waals surface area contributed by atoms with Crippen molar-refractivity contribution in [2.45, 2.75) is 18.9 Å². The summed E-state index contributed by atoms with van der Waals surface area (Å²) in [6.07, 6.45) is 4.20. The first-order valence-corrected chi connectivity index (χ1v) is 6.23. The van der Waals surface area contributed by atoms with Gasteiger partial charge in [0, 0.05) is 24.1 Å². The monoisotopic (exact) mass is 228 g/mol. The van der Waals surface area contributed by atoms with Crippen LogP contribution in [0, 0.1) is 4.77 Å². The van der Waals surface area contributed by atoms with Crippen molar-refractivity contribution in [3.63, 3.8) is 0 Å². The fraction of sp³-hybridized carbons (Fsp3) is 0.556. The van der Waals surface area contributed by atoms with Gasteiger partial charge in [0.15, 0.2) is 4.77 Å². The third-order valence-corrected chi connectivity index (χ3v) is 3.89. The van der Waals surface area contributed by atoms with Gasteiger partial charge in [0.1, 0.15) is 0 Å². The lowest BCUT2D eigenvalue weighted by molar-refractivity contribution is 0.484. The molecule has 1 aromatic heterocycles. The minimum absolute atomic E-state index is 0.116. The summed E-state index contributed by atoms with van der Waals surface area (Å²) in [5, 5.41) is 0. The first kappa shape index (κ1) is 9.98. The molecule has 1 aromatic rings. The maximum atomic E-state index is 11.0. The van der Waals surface area contributed by atoms with Crippen LogP contribution in [0.15, 0.2) is 17.1 Å². The molecule has 1 N–H and O–H groups in total. The van der Waals surface area contributed by atoms with Gasteiger partial charge in [0.25, 0.3) is 5.56 Å². The molecule has 0 amide bonds. The van der Waals surface area contributed by atoms with E-state index in [1.165, 1.54) is 18.2 Å². The lowest BCUT2D eigenvalue weighted by Gasteiger charge is -2.23. The summed E-state index contributed by atoms with van der Waals surface area (Å²) >= 11 is 7.07. The van der Waals surface area contributed by atoms with E-state index in [1.54, 1.807) is 6.20 Å². The molecule has 0 aromatic carbocycles. The smallest absolute Gasteiger partial charge is 0.251 e. The van der Waals surface area contributed by atoms with Crippen molar-refractivity contribution in [1.82, 2.24) is 9.55 Å². The number of hydrogen-bond donors (Lipinski definition) is 1. The molecule has 3 nitrogen and oxygen atoms in total. The van der Waals surface area contributed by atoms with Crippen LogP contribution >= 0.6 is 24.0 Å². The molecule has 0 saturated carbocycles. The lowest BCUT2D eigenvalue weighted by Crippen LogP contribution is -2.20. The van der Waals surface area contributed by atoms with Crippen LogP contribution in [0.25, 0.3) is 0 Å². The maximum absolute atomic E-state index is 11.0. The van der Waals surface area contributed by atoms with Gasteiger partial charge >= 0.3 is 0 Å². The van der Waals surface area contributed by atoms with Gasteiger partial charge in [0.2, 0.25) is 0 Å². The first-order valence-electron chi connectivity index (χ1n) is 4.66. The number of H-pyrrole nitrogens is 1. The zero-order valence-electron chi connectivity index (χ0n) is 7.73. The second-order valence-corrected chi connectivity index (χ2v) is 4.92. The fourth-order valence-corrected chi connectivity index (χ4v) is 3.11. The summed E-state index contributed by atoms with van der Waals surface area (Å²) < 4.78 is 2.55. The second kappa shape index (κ2) is 4.31. The fourth-order valence-electron chi connectivity index (χ4n) is 1.66. The topological polar surface area (TPSA) is 37.8 Å². The summed E-state index contributed by atoms with van der Waals surface area (Å²) in [4.78, 5) is 13.6. The van der Waals surface area contributed by atoms with Crippen molar-refractivity contribution < 1.29 is 0 Å². The molecule has 0 aliphatic carbocycles. The van der Waals surface area contributed by atoms with Crippen molar-refractivity contribution >= 4 is 24.0 Å². The molecule has 1 atom stereocenters. The molecule has 0 radical (unpaired) electrons. The van der Waals surface area contributed by atoms with Gasteiger partial charge in [-0.2, -0.15) is 11.8 Å². The number of aromatic nitrogens is 2. The summed E-state index contributed by atoms with van der Waals surface area (Å²) in [5.41, 5.74) is -0.116. The van der Waals surface area contributed by atoms with Crippen LogP contribution in [-0.2, 0) is 0 Å². The number of rotatable bonds is 1. The lowest BCUT2D eigenvalue weighted by atomic mass is 10.2. The highest BCUT2D eigenvalue weighted by atomic mass is 32.2. The summed E-state index contributed by atoms with van der Waals surface area (Å²) in [6, 6.07) is 1.99. The molecular formula is C9H12N2OS2. The van der Waals surface area contributed by atoms with Gasteiger partial charge in [-0.15, -0.1) is 0 Å². The molecule has 1 fully saturated rings. The number of aromatic amines is 1. The Morgan fingerprint density at radius 3 is 3.14 bits per heavy atom. The number of thioether (sulfide) groups is 1. The molecule has 5 heteroatoms. The highest BCUT2D eigenvalue weighted by molar-refractivity contribution is 7.99. The Morgan fingerprint density at radius 1 is 1.64 bits per heavy atom. The van der Waals surface area contributed by atoms with Crippen LogP contribution in [0.4, 0.5) is 0 Å². The van der Waals surface area contributed by atoms with Crippen molar-refractivity contribution in [1.29, 1.82) is 0 Å². The average molecular weight is 228 g/mol. The van der Waals surface area contributed by atoms with Gasteiger partial charge in [-0.25, -0.2) is 0 Å². The average Bonchev–Trinajstić information content (AvgIpc) is 2.19. The van der Waals surface area contributed by atoms with Crippen molar-refractivity contribution in [2.75, 3.05) is 11.5 Å². The number of nitrogens with one attached hydrogen (secondary N) is 1. The van der Waals surface area contributed by atoms with E-state index in [4.69, 9.17) is 12.2 Å². The number of hydrogen-bond acceptors (Lipinski definition) is 3. The zero-order chi connectivity index (χ0) is 9.97. The predicted molar refractivity (Wildman–Crippen MR) is 61.5 cm³/mol. The summed E-state index contributed by atoms with van der Waals surface area (Å²) in [6.45, 7) is 0. The Morgan fingerprint density at radius 2 is 2.50 bits per heavy atom. The third-order valence-electron chi connectivity index (χ3n) is 2.38. The molecule has 2 rings (SSSR count). The Kier molecular flexibility index (Phi) is 3.08. The molecule has 14 heavy (non-hydrogen) atoms. The standard InChI is InChI=1S/C9H12N2OS2/c12-8-3-4-11(9(13)10-8)7-2-1-5-14-6-7/h3-4,7H,1-2,5-6H2,(H,10,12,13). The largest absolute Gasteiger partial charge is 0.321 e. The molecule has 1 aliphatic rings. The molecule has 0 bridgehead atoms. The van der Waals surface area contributed by atoms with E-state index in [9.17, 15) is 4.79 Å². The van der Waals surface area contributed by atoms with Gasteiger partial charge in [-0.05, 0) is 30.8 Å². The molecule has 1 aliphatic heterocycles. The Balaban J connectivity index is 2.31.